The Balaban J connectivity index is 2.22. The molecular formula is C18H26F3NO. The summed E-state index contributed by atoms with van der Waals surface area (Å²) in [6.07, 6.45) is 4.88. The van der Waals surface area contributed by atoms with Crippen molar-refractivity contribution in [1.29, 1.82) is 0 Å². The first-order chi connectivity index (χ1) is 10.9. The van der Waals surface area contributed by atoms with E-state index in [1.807, 2.05) is 0 Å². The van der Waals surface area contributed by atoms with Gasteiger partial charge in [-0.05, 0) is 24.6 Å². The molecule has 1 aromatic rings. The molecule has 0 saturated heterocycles. The van der Waals surface area contributed by atoms with Crippen molar-refractivity contribution in [2.45, 2.75) is 64.5 Å². The molecule has 0 fully saturated rings. The molecule has 1 aromatic carbocycles. The Hall–Kier alpha value is -1.52. The van der Waals surface area contributed by atoms with Gasteiger partial charge in [-0.15, -0.1) is 0 Å². The summed E-state index contributed by atoms with van der Waals surface area (Å²) in [6, 6.07) is 4.52. The summed E-state index contributed by atoms with van der Waals surface area (Å²) < 4.78 is 37.8. The molecule has 0 spiro atoms. The number of carbonyl (C=O) groups excluding carboxylic acids is 1. The lowest BCUT2D eigenvalue weighted by Gasteiger charge is -2.09. The van der Waals surface area contributed by atoms with Crippen molar-refractivity contribution in [3.63, 3.8) is 0 Å². The zero-order valence-electron chi connectivity index (χ0n) is 13.7. The van der Waals surface area contributed by atoms with Crippen LogP contribution in [0.5, 0.6) is 0 Å². The van der Waals surface area contributed by atoms with E-state index in [1.165, 1.54) is 44.2 Å². The number of halogens is 3. The Kier molecular flexibility index (Phi) is 8.74. The summed E-state index contributed by atoms with van der Waals surface area (Å²) in [6.45, 7) is 2.69. The molecule has 0 saturated carbocycles. The molecule has 0 aliphatic heterocycles. The Bertz CT molecular complexity index is 472. The Morgan fingerprint density at radius 2 is 1.61 bits per heavy atom. The third-order valence-electron chi connectivity index (χ3n) is 3.77. The van der Waals surface area contributed by atoms with Gasteiger partial charge in [0.2, 0.25) is 0 Å². The maximum absolute atomic E-state index is 12.6. The van der Waals surface area contributed by atoms with Crippen LogP contribution in [0.1, 0.15) is 74.2 Å². The monoisotopic (exact) mass is 329 g/mol. The Morgan fingerprint density at radius 3 is 2.22 bits per heavy atom. The van der Waals surface area contributed by atoms with E-state index in [9.17, 15) is 18.0 Å². The molecule has 5 heteroatoms. The summed E-state index contributed by atoms with van der Waals surface area (Å²) in [4.78, 5) is 11.9. The molecule has 0 unspecified atom stereocenters. The number of rotatable bonds is 10. The molecule has 2 nitrogen and oxygen atoms in total. The Labute approximate surface area is 136 Å². The lowest BCUT2D eigenvalue weighted by molar-refractivity contribution is -0.137. The van der Waals surface area contributed by atoms with Gasteiger partial charge in [-0.2, -0.15) is 13.2 Å². The lowest BCUT2D eigenvalue weighted by Crippen LogP contribution is -2.24. The van der Waals surface area contributed by atoms with Gasteiger partial charge < -0.3 is 5.32 Å². The van der Waals surface area contributed by atoms with E-state index in [0.29, 0.717) is 6.54 Å². The third-order valence-corrected chi connectivity index (χ3v) is 3.77. The second kappa shape index (κ2) is 10.3. The second-order valence-corrected chi connectivity index (χ2v) is 5.81. The minimum Gasteiger partial charge on any atom is -0.352 e. The summed E-state index contributed by atoms with van der Waals surface area (Å²) in [5.74, 6) is -0.445. The fourth-order valence-corrected chi connectivity index (χ4v) is 2.40. The van der Waals surface area contributed by atoms with Crippen LogP contribution >= 0.6 is 0 Å². The van der Waals surface area contributed by atoms with Crippen LogP contribution in [0.3, 0.4) is 0 Å². The molecule has 0 atom stereocenters. The average molecular weight is 329 g/mol. The molecule has 130 valence electrons. The van der Waals surface area contributed by atoms with Gasteiger partial charge in [0, 0.05) is 12.1 Å². The third kappa shape index (κ3) is 8.05. The van der Waals surface area contributed by atoms with Crippen molar-refractivity contribution in [2.75, 3.05) is 6.54 Å². The van der Waals surface area contributed by atoms with E-state index >= 15 is 0 Å². The molecule has 0 aromatic heterocycles. The molecule has 1 amide bonds. The zero-order valence-corrected chi connectivity index (χ0v) is 13.7. The number of hydrogen-bond acceptors (Lipinski definition) is 1. The lowest BCUT2D eigenvalue weighted by atomic mass is 10.1. The molecular weight excluding hydrogens is 303 g/mol. The summed E-state index contributed by atoms with van der Waals surface area (Å²) in [7, 11) is 0. The topological polar surface area (TPSA) is 29.1 Å². The van der Waals surface area contributed by atoms with Gasteiger partial charge in [-0.25, -0.2) is 0 Å². The van der Waals surface area contributed by atoms with Gasteiger partial charge >= 0.3 is 6.18 Å². The van der Waals surface area contributed by atoms with Crippen molar-refractivity contribution in [2.24, 2.45) is 0 Å². The first kappa shape index (κ1) is 19.5. The number of nitrogens with one attached hydrogen (secondary N) is 1. The largest absolute Gasteiger partial charge is 0.416 e. The maximum Gasteiger partial charge on any atom is 0.416 e. The second-order valence-electron chi connectivity index (χ2n) is 5.81. The molecule has 0 radical (unpaired) electrons. The predicted molar refractivity (Wildman–Crippen MR) is 86.4 cm³/mol. The highest BCUT2D eigenvalue weighted by Crippen LogP contribution is 2.29. The van der Waals surface area contributed by atoms with Crippen molar-refractivity contribution >= 4 is 5.91 Å². The fourth-order valence-electron chi connectivity index (χ4n) is 2.40. The Morgan fingerprint density at radius 1 is 1.00 bits per heavy atom. The van der Waals surface area contributed by atoms with Gasteiger partial charge in [0.1, 0.15) is 0 Å². The van der Waals surface area contributed by atoms with Gasteiger partial charge in [0.15, 0.2) is 0 Å². The molecule has 0 aliphatic carbocycles. The highest BCUT2D eigenvalue weighted by molar-refractivity contribution is 5.94. The standard InChI is InChI=1S/C18H26F3NO/c1-2-3-4-5-6-7-8-9-13-22-17(23)15-11-10-12-16(14-15)18(19,20)21/h10-12,14H,2-9,13H2,1H3,(H,22,23). The van der Waals surface area contributed by atoms with Crippen LogP contribution in [0.25, 0.3) is 0 Å². The quantitative estimate of drug-likeness (QED) is 0.558. The van der Waals surface area contributed by atoms with Gasteiger partial charge in [0.05, 0.1) is 5.56 Å². The molecule has 0 aliphatic rings. The van der Waals surface area contributed by atoms with Crippen molar-refractivity contribution in [1.82, 2.24) is 5.32 Å². The summed E-state index contributed by atoms with van der Waals surface area (Å²) >= 11 is 0. The van der Waals surface area contributed by atoms with E-state index in [2.05, 4.69) is 12.2 Å². The minimum absolute atomic E-state index is 0.0550. The summed E-state index contributed by atoms with van der Waals surface area (Å²) in [5, 5.41) is 2.68. The van der Waals surface area contributed by atoms with Crippen LogP contribution in [0, 0.1) is 0 Å². The first-order valence-electron chi connectivity index (χ1n) is 8.40. The normalized spacial score (nSPS) is 11.5. The van der Waals surface area contributed by atoms with Crippen LogP contribution in [0.4, 0.5) is 13.2 Å². The maximum atomic E-state index is 12.6. The molecule has 23 heavy (non-hydrogen) atoms. The fraction of sp³-hybridized carbons (Fsp3) is 0.611. The van der Waals surface area contributed by atoms with E-state index < -0.39 is 17.6 Å². The van der Waals surface area contributed by atoms with Crippen LogP contribution in [-0.4, -0.2) is 12.5 Å². The number of benzene rings is 1. The number of hydrogen-bond donors (Lipinski definition) is 1. The number of alkyl halides is 3. The summed E-state index contributed by atoms with van der Waals surface area (Å²) in [5.41, 5.74) is -0.739. The van der Waals surface area contributed by atoms with Crippen LogP contribution in [-0.2, 0) is 6.18 Å². The zero-order chi connectivity index (χ0) is 17.1. The highest BCUT2D eigenvalue weighted by Gasteiger charge is 2.30. The van der Waals surface area contributed by atoms with Crippen LogP contribution in [0.2, 0.25) is 0 Å². The smallest absolute Gasteiger partial charge is 0.352 e. The van der Waals surface area contributed by atoms with Crippen LogP contribution < -0.4 is 5.32 Å². The molecule has 0 bridgehead atoms. The SMILES string of the molecule is CCCCCCCCCCNC(=O)c1cccc(C(F)(F)F)c1. The van der Waals surface area contributed by atoms with Crippen molar-refractivity contribution in [3.05, 3.63) is 35.4 Å². The van der Waals surface area contributed by atoms with Crippen molar-refractivity contribution < 1.29 is 18.0 Å². The average Bonchev–Trinajstić information content (AvgIpc) is 2.52. The number of unbranched alkanes of at least 4 members (excludes halogenated alkanes) is 7. The van der Waals surface area contributed by atoms with Gasteiger partial charge in [0.25, 0.3) is 5.91 Å². The predicted octanol–water partition coefficient (Wildman–Crippen LogP) is 5.58. The van der Waals surface area contributed by atoms with Crippen molar-refractivity contribution in [3.8, 4) is 0 Å². The van der Waals surface area contributed by atoms with Crippen LogP contribution in [0.15, 0.2) is 24.3 Å². The number of carbonyl (C=O) groups is 1. The highest BCUT2D eigenvalue weighted by atomic mass is 19.4. The van der Waals surface area contributed by atoms with E-state index in [0.717, 1.165) is 31.4 Å². The minimum atomic E-state index is -4.42. The van der Waals surface area contributed by atoms with E-state index in [4.69, 9.17) is 0 Å². The number of amides is 1. The molecule has 1 N–H and O–H groups in total. The van der Waals surface area contributed by atoms with E-state index in [1.54, 1.807) is 0 Å². The first-order valence-corrected chi connectivity index (χ1v) is 8.40. The van der Waals surface area contributed by atoms with Gasteiger partial charge in [-0.1, -0.05) is 57.9 Å². The van der Waals surface area contributed by atoms with E-state index in [-0.39, 0.29) is 5.56 Å². The van der Waals surface area contributed by atoms with Gasteiger partial charge in [-0.3, -0.25) is 4.79 Å². The molecule has 1 rings (SSSR count). The molecule has 0 heterocycles.